The summed E-state index contributed by atoms with van der Waals surface area (Å²) in [7, 11) is 1.61. The molecule has 3 unspecified atom stereocenters. The maximum Gasteiger partial charge on any atom is 0.472 e. The molecule has 0 saturated heterocycles. The highest BCUT2D eigenvalue weighted by Crippen LogP contribution is 2.43. The Labute approximate surface area is 291 Å². The highest BCUT2D eigenvalue weighted by molar-refractivity contribution is 7.47. The number of carbonyl (C=O) groups is 1. The second-order valence-corrected chi connectivity index (χ2v) is 16.1. The van der Waals surface area contributed by atoms with Crippen molar-refractivity contribution < 1.29 is 32.9 Å². The molecule has 0 aliphatic heterocycles. The molecule has 0 fully saturated rings. The molecule has 0 aromatic heterocycles. The largest absolute Gasteiger partial charge is 0.472 e. The predicted molar refractivity (Wildman–Crippen MR) is 198 cm³/mol. The molecule has 0 spiro atoms. The minimum atomic E-state index is -4.29. The Bertz CT molecular complexity index is 789. The monoisotopic (exact) mass is 690 g/mol. The fraction of sp³-hybridized carbons (Fsp3) is 0.921. The summed E-state index contributed by atoms with van der Waals surface area (Å²) in [5.41, 5.74) is 0. The molecule has 8 nitrogen and oxygen atoms in total. The maximum atomic E-state index is 12.7. The fourth-order valence-corrected chi connectivity index (χ4v) is 6.30. The SMILES string of the molecule is CCCCCCCC/C=C\CCCCCCCCCCCC(=O)NC(COP(=O)(O)OCC[N+](C)(C)C)C(O)CCCCCCCC. The summed E-state index contributed by atoms with van der Waals surface area (Å²) in [5.74, 6) is -0.152. The number of hydrogen-bond acceptors (Lipinski definition) is 5. The lowest BCUT2D eigenvalue weighted by Crippen LogP contribution is -2.46. The Morgan fingerprint density at radius 1 is 0.702 bits per heavy atom. The molecular weight excluding hydrogens is 611 g/mol. The number of phosphoric acid groups is 1. The molecule has 0 rings (SSSR count). The minimum absolute atomic E-state index is 0.0750. The quantitative estimate of drug-likeness (QED) is 0.0265. The fourth-order valence-electron chi connectivity index (χ4n) is 5.57. The van der Waals surface area contributed by atoms with Crippen LogP contribution in [0.25, 0.3) is 0 Å². The number of hydrogen-bond donors (Lipinski definition) is 3. The number of aliphatic hydroxyl groups excluding tert-OH is 1. The zero-order valence-electron chi connectivity index (χ0n) is 31.5. The van der Waals surface area contributed by atoms with Gasteiger partial charge in [-0.3, -0.25) is 13.8 Å². The van der Waals surface area contributed by atoms with Crippen molar-refractivity contribution in [2.75, 3.05) is 40.9 Å². The van der Waals surface area contributed by atoms with Crippen molar-refractivity contribution in [3.8, 4) is 0 Å². The van der Waals surface area contributed by atoms with Gasteiger partial charge in [0.25, 0.3) is 0 Å². The Kier molecular flexibility index (Phi) is 30.7. The second kappa shape index (κ2) is 31.2. The number of quaternary nitrogens is 1. The number of nitrogens with one attached hydrogen (secondary N) is 1. The molecule has 9 heteroatoms. The van der Waals surface area contributed by atoms with E-state index in [1.165, 1.54) is 109 Å². The lowest BCUT2D eigenvalue weighted by molar-refractivity contribution is -0.870. The molecule has 280 valence electrons. The summed E-state index contributed by atoms with van der Waals surface area (Å²) >= 11 is 0. The van der Waals surface area contributed by atoms with E-state index in [0.29, 0.717) is 23.9 Å². The van der Waals surface area contributed by atoms with Gasteiger partial charge in [-0.05, 0) is 38.5 Å². The average Bonchev–Trinajstić information content (AvgIpc) is 3.01. The summed E-state index contributed by atoms with van der Waals surface area (Å²) in [5, 5.41) is 13.7. The average molecular weight is 690 g/mol. The van der Waals surface area contributed by atoms with Crippen LogP contribution < -0.4 is 5.32 Å². The third-order valence-electron chi connectivity index (χ3n) is 8.76. The van der Waals surface area contributed by atoms with E-state index in [2.05, 4.69) is 31.3 Å². The molecule has 0 aromatic carbocycles. The van der Waals surface area contributed by atoms with Gasteiger partial charge in [0.15, 0.2) is 0 Å². The van der Waals surface area contributed by atoms with Gasteiger partial charge in [0.2, 0.25) is 5.91 Å². The molecule has 0 aromatic rings. The van der Waals surface area contributed by atoms with Gasteiger partial charge >= 0.3 is 7.82 Å². The number of rotatable bonds is 35. The molecular formula is C38H78N2O6P+. The highest BCUT2D eigenvalue weighted by Gasteiger charge is 2.28. The number of nitrogens with zero attached hydrogens (tertiary/aromatic N) is 1. The van der Waals surface area contributed by atoms with Crippen LogP contribution in [0.4, 0.5) is 0 Å². The van der Waals surface area contributed by atoms with Crippen LogP contribution in [0.1, 0.15) is 174 Å². The minimum Gasteiger partial charge on any atom is -0.391 e. The zero-order chi connectivity index (χ0) is 35.1. The summed E-state index contributed by atoms with van der Waals surface area (Å²) in [4.78, 5) is 22.9. The van der Waals surface area contributed by atoms with Gasteiger partial charge in [0, 0.05) is 6.42 Å². The topological polar surface area (TPSA) is 105 Å². The summed E-state index contributed by atoms with van der Waals surface area (Å²) in [6, 6.07) is -0.753. The van der Waals surface area contributed by atoms with Crippen LogP contribution in [0.3, 0.4) is 0 Å². The molecule has 0 saturated carbocycles. The van der Waals surface area contributed by atoms with Crippen molar-refractivity contribution in [1.29, 1.82) is 0 Å². The third-order valence-corrected chi connectivity index (χ3v) is 9.75. The lowest BCUT2D eigenvalue weighted by Gasteiger charge is -2.26. The smallest absolute Gasteiger partial charge is 0.391 e. The Hall–Kier alpha value is -0.760. The van der Waals surface area contributed by atoms with Gasteiger partial charge in [-0.15, -0.1) is 0 Å². The van der Waals surface area contributed by atoms with Crippen LogP contribution in [0.15, 0.2) is 12.2 Å². The van der Waals surface area contributed by atoms with Crippen LogP contribution in [0.5, 0.6) is 0 Å². The molecule has 3 atom stereocenters. The van der Waals surface area contributed by atoms with E-state index in [9.17, 15) is 19.4 Å². The number of amides is 1. The first-order valence-electron chi connectivity index (χ1n) is 19.6. The zero-order valence-corrected chi connectivity index (χ0v) is 32.4. The summed E-state index contributed by atoms with van der Waals surface area (Å²) in [6.07, 6.45) is 32.6. The molecule has 0 radical (unpaired) electrons. The van der Waals surface area contributed by atoms with Gasteiger partial charge in [0.1, 0.15) is 13.2 Å². The normalized spacial score (nSPS) is 14.8. The number of allylic oxidation sites excluding steroid dienone is 2. The molecule has 1 amide bonds. The molecule has 47 heavy (non-hydrogen) atoms. The Morgan fingerprint density at radius 2 is 1.15 bits per heavy atom. The Morgan fingerprint density at radius 3 is 1.64 bits per heavy atom. The van der Waals surface area contributed by atoms with Gasteiger partial charge in [-0.25, -0.2) is 4.57 Å². The van der Waals surface area contributed by atoms with E-state index in [-0.39, 0.29) is 19.1 Å². The number of aliphatic hydroxyl groups is 1. The van der Waals surface area contributed by atoms with Crippen LogP contribution in [0.2, 0.25) is 0 Å². The van der Waals surface area contributed by atoms with Crippen LogP contribution in [0, 0.1) is 0 Å². The van der Waals surface area contributed by atoms with Gasteiger partial charge in [0.05, 0.1) is 39.9 Å². The van der Waals surface area contributed by atoms with E-state index in [1.54, 1.807) is 0 Å². The molecule has 3 N–H and O–H groups in total. The van der Waals surface area contributed by atoms with Crippen LogP contribution in [-0.4, -0.2) is 73.4 Å². The van der Waals surface area contributed by atoms with Crippen molar-refractivity contribution in [1.82, 2.24) is 5.32 Å². The number of carbonyl (C=O) groups excluding carboxylic acids is 1. The van der Waals surface area contributed by atoms with E-state index >= 15 is 0 Å². The molecule has 0 aliphatic carbocycles. The molecule has 0 aliphatic rings. The van der Waals surface area contributed by atoms with Crippen LogP contribution >= 0.6 is 7.82 Å². The second-order valence-electron chi connectivity index (χ2n) is 14.7. The summed E-state index contributed by atoms with van der Waals surface area (Å²) < 4.78 is 23.4. The third kappa shape index (κ3) is 33.5. The first-order chi connectivity index (χ1) is 22.5. The molecule has 0 bridgehead atoms. The standard InChI is InChI=1S/C38H77N2O6P/c1-6-8-10-12-14-15-16-17-18-19-20-21-22-23-24-25-26-28-30-32-38(42)39-36(37(41)31-29-27-13-11-9-7-2)35-46-47(43,44)45-34-33-40(3,4)5/h17-18,36-37,41H,6-16,19-35H2,1-5H3,(H-,39,42,43,44)/p+1/b18-17-. The van der Waals surface area contributed by atoms with Gasteiger partial charge in [-0.1, -0.05) is 142 Å². The van der Waals surface area contributed by atoms with Gasteiger partial charge in [-0.2, -0.15) is 0 Å². The number of likely N-dealkylation sites (N-methyl/N-ethyl adjacent to an activating group) is 1. The first-order valence-corrected chi connectivity index (χ1v) is 21.0. The number of phosphoric ester groups is 1. The lowest BCUT2D eigenvalue weighted by atomic mass is 10.0. The maximum absolute atomic E-state index is 12.7. The molecule has 0 heterocycles. The van der Waals surface area contributed by atoms with Crippen molar-refractivity contribution in [2.24, 2.45) is 0 Å². The first kappa shape index (κ1) is 46.2. The van der Waals surface area contributed by atoms with Gasteiger partial charge < -0.3 is 19.8 Å². The van der Waals surface area contributed by atoms with E-state index < -0.39 is 20.0 Å². The van der Waals surface area contributed by atoms with Crippen molar-refractivity contribution >= 4 is 13.7 Å². The van der Waals surface area contributed by atoms with E-state index in [0.717, 1.165) is 38.5 Å². The Balaban J connectivity index is 4.20. The van der Waals surface area contributed by atoms with Crippen molar-refractivity contribution in [3.05, 3.63) is 12.2 Å². The number of unbranched alkanes of at least 4 members (excludes halogenated alkanes) is 20. The van der Waals surface area contributed by atoms with E-state index in [4.69, 9.17) is 9.05 Å². The predicted octanol–water partition coefficient (Wildman–Crippen LogP) is 10.0. The highest BCUT2D eigenvalue weighted by atomic mass is 31.2. The van der Waals surface area contributed by atoms with E-state index in [1.807, 2.05) is 21.1 Å². The van der Waals surface area contributed by atoms with Crippen molar-refractivity contribution in [2.45, 2.75) is 187 Å². The van der Waals surface area contributed by atoms with Crippen LogP contribution in [-0.2, 0) is 18.4 Å². The van der Waals surface area contributed by atoms with Crippen molar-refractivity contribution in [3.63, 3.8) is 0 Å². The summed E-state index contributed by atoms with van der Waals surface area (Å²) in [6.45, 7) is 4.81.